The van der Waals surface area contributed by atoms with Crippen molar-refractivity contribution in [2.24, 2.45) is 0 Å². The second-order valence-corrected chi connectivity index (χ2v) is 17.3. The Hall–Kier alpha value is -6.18. The number of aliphatic hydroxyl groups excluding tert-OH is 4. The maximum atomic E-state index is 13.7. The van der Waals surface area contributed by atoms with Crippen molar-refractivity contribution in [3.8, 4) is 23.0 Å². The summed E-state index contributed by atoms with van der Waals surface area (Å²) in [5, 5.41) is 50.9. The van der Waals surface area contributed by atoms with Crippen molar-refractivity contribution in [2.45, 2.75) is 57.0 Å². The van der Waals surface area contributed by atoms with Gasteiger partial charge in [-0.3, -0.25) is 9.52 Å². The molecular weight excluding hydrogens is 809 g/mol. The highest BCUT2D eigenvalue weighted by atomic mass is 32.2. The Balaban J connectivity index is 1.19. The summed E-state index contributed by atoms with van der Waals surface area (Å²) in [6.07, 6.45) is -1.71. The van der Waals surface area contributed by atoms with Gasteiger partial charge in [0.2, 0.25) is 10.0 Å². The van der Waals surface area contributed by atoms with E-state index in [0.29, 0.717) is 39.5 Å². The number of carbonyl (C=O) groups excluding carboxylic acids is 2. The highest BCUT2D eigenvalue weighted by Crippen LogP contribution is 2.40. The molecule has 1 aliphatic heterocycles. The van der Waals surface area contributed by atoms with Crippen LogP contribution in [-0.4, -0.2) is 109 Å². The topological polar surface area (TPSA) is 241 Å². The number of benzene rings is 4. The van der Waals surface area contributed by atoms with E-state index in [2.05, 4.69) is 25.7 Å². The summed E-state index contributed by atoms with van der Waals surface area (Å²) < 4.78 is 44.3. The fraction of sp³-hybridized carbons (Fsp3) is 0.326. The smallest absolute Gasteiger partial charge is 0.323 e. The van der Waals surface area contributed by atoms with Crippen molar-refractivity contribution in [1.82, 2.24) is 9.88 Å². The number of urea groups is 1. The molecule has 2 heterocycles. The zero-order chi connectivity index (χ0) is 44.2. The molecule has 3 amide bonds. The number of hydrogen-bond acceptors (Lipinski definition) is 13. The molecule has 1 aliphatic rings. The van der Waals surface area contributed by atoms with Crippen molar-refractivity contribution in [2.75, 3.05) is 54.3 Å². The van der Waals surface area contributed by atoms with E-state index in [-0.39, 0.29) is 48.0 Å². The molecule has 4 aromatic carbocycles. The van der Waals surface area contributed by atoms with Gasteiger partial charge in [-0.1, -0.05) is 45.0 Å². The summed E-state index contributed by atoms with van der Waals surface area (Å²) in [6, 6.07) is 20.8. The van der Waals surface area contributed by atoms with Gasteiger partial charge in [-0.2, -0.15) is 0 Å². The lowest BCUT2D eigenvalue weighted by molar-refractivity contribution is -0.129. The van der Waals surface area contributed by atoms with E-state index in [1.165, 1.54) is 25.2 Å². The largest absolute Gasteiger partial charge is 0.496 e. The quantitative estimate of drug-likeness (QED) is 0.0742. The number of pyridine rings is 1. The Morgan fingerprint density at radius 1 is 0.852 bits per heavy atom. The number of nitrogens with one attached hydrogen (secondary N) is 4. The Labute approximate surface area is 353 Å². The van der Waals surface area contributed by atoms with Gasteiger partial charge in [-0.15, -0.1) is 0 Å². The Bertz CT molecular complexity index is 2530. The summed E-state index contributed by atoms with van der Waals surface area (Å²) in [5.74, 6) is 1.10. The number of carbonyl (C=O) groups is 2. The molecule has 1 aromatic heterocycles. The van der Waals surface area contributed by atoms with Crippen LogP contribution in [0.1, 0.15) is 43.1 Å². The lowest BCUT2D eigenvalue weighted by Gasteiger charge is -2.43. The first-order chi connectivity index (χ1) is 28.9. The van der Waals surface area contributed by atoms with E-state index in [1.54, 1.807) is 54.7 Å². The predicted octanol–water partition coefficient (Wildman–Crippen LogP) is 5.39. The van der Waals surface area contributed by atoms with Gasteiger partial charge in [0, 0.05) is 47.9 Å². The average Bonchev–Trinajstić information content (AvgIpc) is 3.20. The van der Waals surface area contributed by atoms with Crippen LogP contribution in [0.4, 0.5) is 33.4 Å². The number of amides is 3. The number of β-amino-alcohol motifs (C(OH)–C–C–N with tert-alkyl or cyclic N) is 1. The van der Waals surface area contributed by atoms with Crippen LogP contribution in [-0.2, 0) is 15.4 Å². The van der Waals surface area contributed by atoms with Gasteiger partial charge < -0.3 is 55.5 Å². The van der Waals surface area contributed by atoms with E-state index in [0.717, 1.165) is 11.8 Å². The molecule has 17 nitrogen and oxygen atoms in total. The molecule has 0 spiro atoms. The molecule has 0 saturated carbocycles. The first kappa shape index (κ1) is 44.4. The van der Waals surface area contributed by atoms with Crippen molar-refractivity contribution in [3.05, 3.63) is 96.2 Å². The molecule has 0 aliphatic carbocycles. The summed E-state index contributed by atoms with van der Waals surface area (Å²) >= 11 is 0. The van der Waals surface area contributed by atoms with E-state index in [1.807, 2.05) is 45.0 Å². The number of ether oxygens (including phenoxy) is 3. The van der Waals surface area contributed by atoms with Crippen LogP contribution in [0.5, 0.6) is 23.0 Å². The number of piperidine rings is 1. The van der Waals surface area contributed by atoms with E-state index < -0.39 is 51.7 Å². The third-order valence-corrected chi connectivity index (χ3v) is 10.7. The number of anilines is 5. The molecule has 5 aromatic rings. The fourth-order valence-electron chi connectivity index (χ4n) is 7.09. The Kier molecular flexibility index (Phi) is 13.2. The summed E-state index contributed by atoms with van der Waals surface area (Å²) in [7, 11) is -0.883. The second-order valence-electron chi connectivity index (χ2n) is 15.6. The van der Waals surface area contributed by atoms with Crippen LogP contribution >= 0.6 is 0 Å². The van der Waals surface area contributed by atoms with Gasteiger partial charge in [0.15, 0.2) is 5.75 Å². The van der Waals surface area contributed by atoms with Gasteiger partial charge in [0.1, 0.15) is 41.4 Å². The van der Waals surface area contributed by atoms with Crippen LogP contribution in [0.25, 0.3) is 10.8 Å². The lowest BCUT2D eigenvalue weighted by Crippen LogP contribution is -2.62. The van der Waals surface area contributed by atoms with Crippen LogP contribution < -0.4 is 34.9 Å². The molecule has 0 bridgehead atoms. The number of fused-ring (bicyclic) bond motifs is 1. The van der Waals surface area contributed by atoms with Gasteiger partial charge >= 0.3 is 6.03 Å². The highest BCUT2D eigenvalue weighted by Gasteiger charge is 2.43. The minimum atomic E-state index is -3.67. The fourth-order valence-corrected chi connectivity index (χ4v) is 7.64. The van der Waals surface area contributed by atoms with Crippen LogP contribution in [0, 0.1) is 0 Å². The standard InChI is InChI=1S/C43H50N6O11S/c1-43(2,3)24-19-31(40(59-5)32(20-24)48-61(6,56)57)47-42(55)46-30-13-14-35(28-10-8-7-9-27(28)30)60-26-15-17-44-37(22-26)45-25-11-12-29(36(21-25)58-4)41(54)49-23-34(51)39(53)38(52)33(49)16-18-50/h7-15,17,19-22,33-34,38-39,48,50-53H,16,18,23H2,1-6H3,(H,44,45)(H2,46,47,55)/t33-,34+,38-,39-/m1/s1. The van der Waals surface area contributed by atoms with Crippen molar-refractivity contribution >= 4 is 61.3 Å². The van der Waals surface area contributed by atoms with E-state index in [4.69, 9.17) is 14.2 Å². The average molecular weight is 859 g/mol. The lowest BCUT2D eigenvalue weighted by atomic mass is 9.86. The molecule has 6 rings (SSSR count). The normalized spacial score (nSPS) is 18.0. The maximum absolute atomic E-state index is 13.7. The maximum Gasteiger partial charge on any atom is 0.323 e. The Morgan fingerprint density at radius 3 is 2.23 bits per heavy atom. The summed E-state index contributed by atoms with van der Waals surface area (Å²) in [6.45, 7) is 5.30. The summed E-state index contributed by atoms with van der Waals surface area (Å²) in [4.78, 5) is 32.8. The molecular formula is C43H50N6O11S. The molecule has 0 radical (unpaired) electrons. The minimum absolute atomic E-state index is 0.00318. The van der Waals surface area contributed by atoms with Crippen molar-refractivity contribution in [3.63, 3.8) is 0 Å². The second kappa shape index (κ2) is 18.2. The number of rotatable bonds is 13. The third-order valence-electron chi connectivity index (χ3n) is 10.1. The molecule has 4 atom stereocenters. The number of sulfonamides is 1. The third kappa shape index (κ3) is 10.2. The number of aromatic nitrogens is 1. The molecule has 8 N–H and O–H groups in total. The molecule has 61 heavy (non-hydrogen) atoms. The zero-order valence-electron chi connectivity index (χ0n) is 34.5. The predicted molar refractivity (Wildman–Crippen MR) is 232 cm³/mol. The van der Waals surface area contributed by atoms with Gasteiger partial charge in [-0.05, 0) is 59.9 Å². The van der Waals surface area contributed by atoms with E-state index in [9.17, 15) is 38.4 Å². The Morgan fingerprint density at radius 2 is 1.56 bits per heavy atom. The van der Waals surface area contributed by atoms with Crippen molar-refractivity contribution in [1.29, 1.82) is 0 Å². The van der Waals surface area contributed by atoms with Crippen molar-refractivity contribution < 1.29 is 52.6 Å². The van der Waals surface area contributed by atoms with Crippen LogP contribution in [0.2, 0.25) is 0 Å². The first-order valence-corrected chi connectivity index (χ1v) is 21.1. The molecule has 1 fully saturated rings. The highest BCUT2D eigenvalue weighted by molar-refractivity contribution is 7.92. The monoisotopic (exact) mass is 858 g/mol. The first-order valence-electron chi connectivity index (χ1n) is 19.3. The number of hydrogen-bond donors (Lipinski definition) is 8. The van der Waals surface area contributed by atoms with Gasteiger partial charge in [-0.25, -0.2) is 18.2 Å². The zero-order valence-corrected chi connectivity index (χ0v) is 35.3. The molecule has 18 heteroatoms. The number of likely N-dealkylation sites (tertiary alicyclic amines) is 1. The van der Waals surface area contributed by atoms with Gasteiger partial charge in [0.25, 0.3) is 5.91 Å². The van der Waals surface area contributed by atoms with E-state index >= 15 is 0 Å². The van der Waals surface area contributed by atoms with Gasteiger partial charge in [0.05, 0.1) is 49.1 Å². The van der Waals surface area contributed by atoms with Crippen LogP contribution in [0.15, 0.2) is 85.1 Å². The molecule has 1 saturated heterocycles. The molecule has 324 valence electrons. The number of methoxy groups -OCH3 is 2. The number of nitrogens with zero attached hydrogens (tertiary/aromatic N) is 2. The number of aliphatic hydroxyl groups is 4. The molecule has 0 unspecified atom stereocenters. The summed E-state index contributed by atoms with van der Waals surface area (Å²) in [5.41, 5.74) is 1.95. The minimum Gasteiger partial charge on any atom is -0.496 e. The SMILES string of the molecule is COc1cc(Nc2cc(Oc3ccc(NC(=O)Nc4cc(C(C)(C)C)cc(NS(C)(=O)=O)c4OC)c4ccccc34)ccn2)ccc1C(=O)N1C[C@H](O)[C@@H](O)[C@H](O)[C@H]1CCO. The van der Waals surface area contributed by atoms with Crippen LogP contribution in [0.3, 0.4) is 0 Å².